The molecule has 0 bridgehead atoms. The quantitative estimate of drug-likeness (QED) is 0.845. The maximum atomic E-state index is 12.1. The van der Waals surface area contributed by atoms with Crippen LogP contribution in [0, 0.1) is 6.92 Å². The van der Waals surface area contributed by atoms with Crippen LogP contribution < -0.4 is 5.32 Å². The molecule has 1 amide bonds. The maximum absolute atomic E-state index is 12.1. The fourth-order valence-electron chi connectivity index (χ4n) is 1.86. The zero-order valence-electron chi connectivity index (χ0n) is 11.4. The van der Waals surface area contributed by atoms with E-state index in [9.17, 15) is 9.59 Å². The van der Waals surface area contributed by atoms with E-state index in [-0.39, 0.29) is 5.91 Å². The predicted molar refractivity (Wildman–Crippen MR) is 80.0 cm³/mol. The third-order valence-corrected chi connectivity index (χ3v) is 2.72. The molecule has 5 nitrogen and oxygen atoms in total. The molecule has 5 heteroatoms. The number of anilines is 1. The Morgan fingerprint density at radius 1 is 1.19 bits per heavy atom. The van der Waals surface area contributed by atoms with Crippen molar-refractivity contribution in [2.24, 2.45) is 0 Å². The molecule has 0 unspecified atom stereocenters. The number of aryl methyl sites for hydroxylation is 1. The van der Waals surface area contributed by atoms with Crippen molar-refractivity contribution < 1.29 is 14.7 Å². The first-order chi connectivity index (χ1) is 10.0. The lowest BCUT2D eigenvalue weighted by Crippen LogP contribution is -2.12. The molecular formula is C16H14N2O3. The molecule has 2 N–H and O–H groups in total. The van der Waals surface area contributed by atoms with Gasteiger partial charge in [-0.1, -0.05) is 6.07 Å². The molecule has 0 fully saturated rings. The number of hydrogen-bond donors (Lipinski definition) is 2. The van der Waals surface area contributed by atoms with E-state index in [0.29, 0.717) is 16.8 Å². The molecule has 0 aliphatic rings. The van der Waals surface area contributed by atoms with Crippen molar-refractivity contribution in [2.45, 2.75) is 6.92 Å². The van der Waals surface area contributed by atoms with E-state index in [1.807, 2.05) is 19.1 Å². The van der Waals surface area contributed by atoms with Gasteiger partial charge in [-0.2, -0.15) is 0 Å². The Morgan fingerprint density at radius 3 is 2.57 bits per heavy atom. The van der Waals surface area contributed by atoms with Gasteiger partial charge >= 0.3 is 5.97 Å². The molecule has 1 aromatic heterocycles. The number of nitrogens with one attached hydrogen (secondary N) is 1. The number of rotatable bonds is 4. The highest BCUT2D eigenvalue weighted by Crippen LogP contribution is 2.16. The van der Waals surface area contributed by atoms with Crippen molar-refractivity contribution in [3.8, 4) is 0 Å². The number of carbonyl (C=O) groups is 2. The summed E-state index contributed by atoms with van der Waals surface area (Å²) in [7, 11) is 0. The number of carboxylic acids is 1. The molecule has 0 aliphatic heterocycles. The molecule has 1 aromatic carbocycles. The van der Waals surface area contributed by atoms with Crippen LogP contribution in [0.2, 0.25) is 0 Å². The van der Waals surface area contributed by atoms with Crippen LogP contribution in [0.5, 0.6) is 0 Å². The van der Waals surface area contributed by atoms with Crippen LogP contribution in [-0.4, -0.2) is 22.0 Å². The summed E-state index contributed by atoms with van der Waals surface area (Å²) in [6.45, 7) is 1.88. The first-order valence-electron chi connectivity index (χ1n) is 6.29. The highest BCUT2D eigenvalue weighted by Gasteiger charge is 2.06. The Bertz CT molecular complexity index is 694. The van der Waals surface area contributed by atoms with E-state index in [1.54, 1.807) is 30.6 Å². The normalized spacial score (nSPS) is 10.5. The number of aromatic nitrogens is 1. The Balaban J connectivity index is 2.20. The van der Waals surface area contributed by atoms with E-state index in [0.717, 1.165) is 11.6 Å². The lowest BCUT2D eigenvalue weighted by molar-refractivity contribution is -0.131. The highest BCUT2D eigenvalue weighted by molar-refractivity contribution is 6.04. The number of amides is 1. The van der Waals surface area contributed by atoms with E-state index in [2.05, 4.69) is 10.3 Å². The summed E-state index contributed by atoms with van der Waals surface area (Å²) in [5.74, 6) is -1.25. The van der Waals surface area contributed by atoms with Crippen molar-refractivity contribution in [3.05, 3.63) is 65.5 Å². The van der Waals surface area contributed by atoms with Crippen LogP contribution >= 0.6 is 0 Å². The van der Waals surface area contributed by atoms with E-state index >= 15 is 0 Å². The van der Waals surface area contributed by atoms with Crippen LogP contribution in [0.4, 0.5) is 5.69 Å². The predicted octanol–water partition coefficient (Wildman–Crippen LogP) is 2.74. The van der Waals surface area contributed by atoms with Crippen molar-refractivity contribution >= 4 is 23.6 Å². The third kappa shape index (κ3) is 4.28. The fraction of sp³-hybridized carbons (Fsp3) is 0.0625. The Kier molecular flexibility index (Phi) is 4.46. The molecule has 0 radical (unpaired) electrons. The van der Waals surface area contributed by atoms with E-state index < -0.39 is 5.97 Å². The Labute approximate surface area is 122 Å². The van der Waals surface area contributed by atoms with E-state index in [1.165, 1.54) is 6.08 Å². The summed E-state index contributed by atoms with van der Waals surface area (Å²) in [4.78, 5) is 26.5. The van der Waals surface area contributed by atoms with Gasteiger partial charge in [0.15, 0.2) is 0 Å². The first-order valence-corrected chi connectivity index (χ1v) is 6.29. The molecule has 0 spiro atoms. The van der Waals surface area contributed by atoms with Crippen LogP contribution in [0.1, 0.15) is 21.5 Å². The molecular weight excluding hydrogens is 268 g/mol. The van der Waals surface area contributed by atoms with Crippen molar-refractivity contribution in [3.63, 3.8) is 0 Å². The number of carbonyl (C=O) groups excluding carboxylic acids is 1. The molecule has 0 atom stereocenters. The van der Waals surface area contributed by atoms with Crippen molar-refractivity contribution in [1.82, 2.24) is 4.98 Å². The van der Waals surface area contributed by atoms with Gasteiger partial charge in [0.1, 0.15) is 0 Å². The van der Waals surface area contributed by atoms with Gasteiger partial charge in [-0.25, -0.2) is 4.79 Å². The second kappa shape index (κ2) is 6.47. The highest BCUT2D eigenvalue weighted by atomic mass is 16.4. The summed E-state index contributed by atoms with van der Waals surface area (Å²) in [5, 5.41) is 11.4. The van der Waals surface area contributed by atoms with Gasteiger partial charge in [-0.05, 0) is 48.4 Å². The molecule has 0 aliphatic carbocycles. The molecule has 1 heterocycles. The Morgan fingerprint density at radius 2 is 1.90 bits per heavy atom. The van der Waals surface area contributed by atoms with Crippen molar-refractivity contribution in [2.75, 3.05) is 5.32 Å². The molecule has 21 heavy (non-hydrogen) atoms. The average Bonchev–Trinajstić information content (AvgIpc) is 2.45. The minimum atomic E-state index is -1.01. The van der Waals surface area contributed by atoms with Crippen LogP contribution in [0.15, 0.2) is 48.8 Å². The van der Waals surface area contributed by atoms with Gasteiger partial charge in [0.2, 0.25) is 0 Å². The summed E-state index contributed by atoms with van der Waals surface area (Å²) < 4.78 is 0. The average molecular weight is 282 g/mol. The van der Waals surface area contributed by atoms with Crippen LogP contribution in [-0.2, 0) is 4.79 Å². The minimum absolute atomic E-state index is 0.240. The first kappa shape index (κ1) is 14.5. The second-order valence-corrected chi connectivity index (χ2v) is 4.49. The van der Waals surface area contributed by atoms with Crippen LogP contribution in [0.25, 0.3) is 6.08 Å². The lowest BCUT2D eigenvalue weighted by atomic mass is 10.1. The third-order valence-electron chi connectivity index (χ3n) is 2.72. The monoisotopic (exact) mass is 282 g/mol. The SMILES string of the molecule is Cc1cc(/C=C/C(=O)O)cc(NC(=O)c2ccncc2)c1. The van der Waals surface area contributed by atoms with Crippen LogP contribution in [0.3, 0.4) is 0 Å². The molecule has 0 saturated carbocycles. The summed E-state index contributed by atoms with van der Waals surface area (Å²) in [6, 6.07) is 8.61. The molecule has 2 rings (SSSR count). The van der Waals surface area contributed by atoms with Gasteiger partial charge in [-0.3, -0.25) is 9.78 Å². The van der Waals surface area contributed by atoms with Crippen molar-refractivity contribution in [1.29, 1.82) is 0 Å². The van der Waals surface area contributed by atoms with Gasteiger partial charge in [0.05, 0.1) is 0 Å². The van der Waals surface area contributed by atoms with Gasteiger partial charge in [0.25, 0.3) is 5.91 Å². The fourth-order valence-corrected chi connectivity index (χ4v) is 1.86. The smallest absolute Gasteiger partial charge is 0.328 e. The number of pyridine rings is 1. The zero-order chi connectivity index (χ0) is 15.2. The topological polar surface area (TPSA) is 79.3 Å². The number of hydrogen-bond acceptors (Lipinski definition) is 3. The minimum Gasteiger partial charge on any atom is -0.478 e. The van der Waals surface area contributed by atoms with Gasteiger partial charge in [-0.15, -0.1) is 0 Å². The number of benzene rings is 1. The maximum Gasteiger partial charge on any atom is 0.328 e. The summed E-state index contributed by atoms with van der Waals surface area (Å²) >= 11 is 0. The van der Waals surface area contributed by atoms with E-state index in [4.69, 9.17) is 5.11 Å². The molecule has 2 aromatic rings. The summed E-state index contributed by atoms with van der Waals surface area (Å²) in [6.07, 6.45) is 5.64. The summed E-state index contributed by atoms with van der Waals surface area (Å²) in [5.41, 5.74) is 2.76. The number of nitrogens with zero attached hydrogens (tertiary/aromatic N) is 1. The van der Waals surface area contributed by atoms with Gasteiger partial charge < -0.3 is 10.4 Å². The lowest BCUT2D eigenvalue weighted by Gasteiger charge is -2.07. The Hall–Kier alpha value is -2.95. The van der Waals surface area contributed by atoms with Gasteiger partial charge in [0, 0.05) is 29.7 Å². The standard InChI is InChI=1S/C16H14N2O3/c1-11-8-12(2-3-15(19)20)10-14(9-11)18-16(21)13-4-6-17-7-5-13/h2-10H,1H3,(H,18,21)(H,19,20)/b3-2+. The molecule has 106 valence electrons. The molecule has 0 saturated heterocycles. The number of aliphatic carboxylic acids is 1. The second-order valence-electron chi connectivity index (χ2n) is 4.49. The zero-order valence-corrected chi connectivity index (χ0v) is 11.4. The number of carboxylic acid groups (broad SMARTS) is 1. The largest absolute Gasteiger partial charge is 0.478 e.